The molecule has 0 bridgehead atoms. The number of hydrogen-bond acceptors (Lipinski definition) is 5. The van der Waals surface area contributed by atoms with E-state index in [0.29, 0.717) is 12.0 Å². The van der Waals surface area contributed by atoms with Crippen LogP contribution in [0.15, 0.2) is 6.33 Å². The number of nitrogens with zero attached hydrogens (tertiary/aromatic N) is 3. The van der Waals surface area contributed by atoms with Crippen LogP contribution in [0.3, 0.4) is 0 Å². The fourth-order valence-electron chi connectivity index (χ4n) is 5.61. The van der Waals surface area contributed by atoms with Gasteiger partial charge in [0, 0.05) is 23.4 Å². The molecule has 4 nitrogen and oxygen atoms in total. The Labute approximate surface area is 159 Å². The van der Waals surface area contributed by atoms with Crippen LogP contribution in [-0.2, 0) is 12.8 Å². The molecule has 0 unspecified atom stereocenters. The lowest BCUT2D eigenvalue weighted by molar-refractivity contribution is 0.0390. The van der Waals surface area contributed by atoms with Gasteiger partial charge in [-0.25, -0.2) is 9.97 Å². The summed E-state index contributed by atoms with van der Waals surface area (Å²) in [5, 5.41) is 12.1. The molecule has 2 aromatic rings. The van der Waals surface area contributed by atoms with Gasteiger partial charge >= 0.3 is 0 Å². The van der Waals surface area contributed by atoms with Crippen LogP contribution in [0.5, 0.6) is 0 Å². The van der Waals surface area contributed by atoms with E-state index >= 15 is 0 Å². The van der Waals surface area contributed by atoms with Gasteiger partial charge in [-0.2, -0.15) is 0 Å². The smallest absolute Gasteiger partial charge is 0.141 e. The van der Waals surface area contributed by atoms with Gasteiger partial charge in [-0.3, -0.25) is 0 Å². The summed E-state index contributed by atoms with van der Waals surface area (Å²) < 4.78 is 0. The average molecular weight is 372 g/mol. The van der Waals surface area contributed by atoms with Crippen LogP contribution in [0.25, 0.3) is 10.2 Å². The quantitative estimate of drug-likeness (QED) is 0.853. The van der Waals surface area contributed by atoms with E-state index in [0.717, 1.165) is 31.1 Å². The Morgan fingerprint density at radius 2 is 2.00 bits per heavy atom. The minimum Gasteiger partial charge on any atom is -0.393 e. The van der Waals surface area contributed by atoms with Crippen LogP contribution < -0.4 is 4.90 Å². The predicted molar refractivity (Wildman–Crippen MR) is 107 cm³/mol. The lowest BCUT2D eigenvalue weighted by atomic mass is 9.76. The van der Waals surface area contributed by atoms with Crippen molar-refractivity contribution in [3.63, 3.8) is 0 Å². The van der Waals surface area contributed by atoms with Crippen molar-refractivity contribution in [2.75, 3.05) is 11.4 Å². The molecule has 0 radical (unpaired) electrons. The van der Waals surface area contributed by atoms with Crippen LogP contribution in [0.2, 0.25) is 0 Å². The van der Waals surface area contributed by atoms with Crippen LogP contribution in [-0.4, -0.2) is 33.8 Å². The minimum absolute atomic E-state index is 0.148. The monoisotopic (exact) mass is 371 g/mol. The van der Waals surface area contributed by atoms with E-state index < -0.39 is 0 Å². The van der Waals surface area contributed by atoms with Gasteiger partial charge in [-0.1, -0.05) is 6.92 Å². The zero-order chi connectivity index (χ0) is 17.7. The second-order valence-electron chi connectivity index (χ2n) is 8.64. The van der Waals surface area contributed by atoms with Gasteiger partial charge < -0.3 is 10.0 Å². The van der Waals surface area contributed by atoms with E-state index in [1.807, 2.05) is 11.3 Å². The highest BCUT2D eigenvalue weighted by atomic mass is 32.1. The maximum atomic E-state index is 10.7. The number of rotatable bonds is 2. The van der Waals surface area contributed by atoms with Crippen molar-refractivity contribution in [1.82, 2.24) is 9.97 Å². The molecule has 0 amide bonds. The molecule has 3 heterocycles. The van der Waals surface area contributed by atoms with E-state index in [4.69, 9.17) is 4.98 Å². The van der Waals surface area contributed by atoms with Gasteiger partial charge in [-0.15, -0.1) is 11.3 Å². The van der Waals surface area contributed by atoms with Crippen LogP contribution in [0.1, 0.15) is 62.3 Å². The van der Waals surface area contributed by atoms with Gasteiger partial charge in [0.1, 0.15) is 17.0 Å². The van der Waals surface area contributed by atoms with Crippen molar-refractivity contribution < 1.29 is 5.11 Å². The lowest BCUT2D eigenvalue weighted by Gasteiger charge is -2.40. The molecule has 1 aliphatic heterocycles. The lowest BCUT2D eigenvalue weighted by Crippen LogP contribution is -2.44. The van der Waals surface area contributed by atoms with E-state index in [1.54, 1.807) is 6.33 Å². The van der Waals surface area contributed by atoms with Crippen molar-refractivity contribution in [1.29, 1.82) is 0 Å². The van der Waals surface area contributed by atoms with Gasteiger partial charge in [0.25, 0.3) is 0 Å². The van der Waals surface area contributed by atoms with Crippen LogP contribution >= 0.6 is 11.3 Å². The molecular weight excluding hydrogens is 342 g/mol. The Bertz CT molecular complexity index is 804. The van der Waals surface area contributed by atoms with Crippen LogP contribution in [0, 0.1) is 11.8 Å². The molecule has 2 aliphatic carbocycles. The summed E-state index contributed by atoms with van der Waals surface area (Å²) in [5.41, 5.74) is 1.52. The highest BCUT2D eigenvalue weighted by Gasteiger charge is 2.40. The third-order valence-electron chi connectivity index (χ3n) is 6.92. The molecule has 3 aliphatic rings. The fraction of sp³-hybridized carbons (Fsp3) is 0.714. The topological polar surface area (TPSA) is 49.2 Å². The Kier molecular flexibility index (Phi) is 4.40. The number of aliphatic hydroxyl groups excluding tert-OH is 1. The first-order chi connectivity index (χ1) is 12.7. The molecule has 5 rings (SSSR count). The van der Waals surface area contributed by atoms with Gasteiger partial charge in [0.05, 0.1) is 11.5 Å². The second-order valence-corrected chi connectivity index (χ2v) is 9.72. The Hall–Kier alpha value is -1.20. The van der Waals surface area contributed by atoms with Gasteiger partial charge in [0.15, 0.2) is 0 Å². The van der Waals surface area contributed by atoms with Gasteiger partial charge in [0.2, 0.25) is 0 Å². The Balaban J connectivity index is 1.55. The Morgan fingerprint density at radius 1 is 1.12 bits per heavy atom. The molecule has 5 heteroatoms. The summed E-state index contributed by atoms with van der Waals surface area (Å²) >= 11 is 1.88. The highest BCUT2D eigenvalue weighted by Crippen LogP contribution is 2.43. The minimum atomic E-state index is -0.148. The molecule has 4 atom stereocenters. The number of aliphatic hydroxyl groups is 1. The largest absolute Gasteiger partial charge is 0.393 e. The first-order valence-electron chi connectivity index (χ1n) is 10.4. The first kappa shape index (κ1) is 16.9. The predicted octanol–water partition coefficient (Wildman–Crippen LogP) is 4.34. The number of hydrogen-bond donors (Lipinski definition) is 1. The first-order valence-corrected chi connectivity index (χ1v) is 11.2. The number of aromatic nitrogens is 2. The summed E-state index contributed by atoms with van der Waals surface area (Å²) in [6, 6.07) is 0.435. The third kappa shape index (κ3) is 2.75. The summed E-state index contributed by atoms with van der Waals surface area (Å²) in [6.07, 6.45) is 12.3. The van der Waals surface area contributed by atoms with Crippen molar-refractivity contribution in [3.8, 4) is 0 Å². The number of aryl methyl sites for hydroxylation is 2. The maximum Gasteiger partial charge on any atom is 0.141 e. The average Bonchev–Trinajstić information content (AvgIpc) is 3.28. The zero-order valence-electron chi connectivity index (χ0n) is 15.7. The number of thiophene rings is 1. The normalized spacial score (nSPS) is 32.2. The van der Waals surface area contributed by atoms with Gasteiger partial charge in [-0.05, 0) is 69.3 Å². The molecule has 2 fully saturated rings. The SMILES string of the molecule is C[C@@H]1CC[C@H](O)[C@@H]([C@H]2CCCN2c2ncnc3sc4c(c23)CCCC4)C1. The molecule has 0 aromatic carbocycles. The van der Waals surface area contributed by atoms with E-state index in [1.165, 1.54) is 65.6 Å². The standard InChI is InChI=1S/C21H29N3OS/c1-13-8-9-17(25)15(11-13)16-6-4-10-24(16)20-19-14-5-2-3-7-18(14)26-21(19)23-12-22-20/h12-13,15-17,25H,2-11H2,1H3/t13-,15-,16-,17+/m1/s1. The second kappa shape index (κ2) is 6.75. The number of anilines is 1. The molecule has 2 aromatic heterocycles. The van der Waals surface area contributed by atoms with Crippen molar-refractivity contribution in [3.05, 3.63) is 16.8 Å². The molecule has 26 heavy (non-hydrogen) atoms. The molecule has 140 valence electrons. The summed E-state index contributed by atoms with van der Waals surface area (Å²) in [7, 11) is 0. The van der Waals surface area contributed by atoms with Crippen molar-refractivity contribution in [2.45, 2.75) is 76.9 Å². The highest BCUT2D eigenvalue weighted by molar-refractivity contribution is 7.19. The zero-order valence-corrected chi connectivity index (χ0v) is 16.5. The van der Waals surface area contributed by atoms with Crippen LogP contribution in [0.4, 0.5) is 5.82 Å². The summed E-state index contributed by atoms with van der Waals surface area (Å²) in [4.78, 5) is 14.7. The summed E-state index contributed by atoms with van der Waals surface area (Å²) in [6.45, 7) is 3.41. The summed E-state index contributed by atoms with van der Waals surface area (Å²) in [5.74, 6) is 2.27. The molecule has 1 saturated carbocycles. The van der Waals surface area contributed by atoms with E-state index in [9.17, 15) is 5.11 Å². The molecule has 1 N–H and O–H groups in total. The molecular formula is C21H29N3OS. The maximum absolute atomic E-state index is 10.7. The number of fused-ring (bicyclic) bond motifs is 3. The molecule has 0 spiro atoms. The fourth-order valence-corrected chi connectivity index (χ4v) is 6.84. The third-order valence-corrected chi connectivity index (χ3v) is 8.12. The van der Waals surface area contributed by atoms with Crippen molar-refractivity contribution in [2.24, 2.45) is 11.8 Å². The molecule has 1 saturated heterocycles. The Morgan fingerprint density at radius 3 is 2.92 bits per heavy atom. The van der Waals surface area contributed by atoms with E-state index in [2.05, 4.69) is 16.8 Å². The van der Waals surface area contributed by atoms with E-state index in [-0.39, 0.29) is 6.10 Å². The van der Waals surface area contributed by atoms with Crippen molar-refractivity contribution >= 4 is 27.4 Å².